The number of phenols is 1. The first-order chi connectivity index (χ1) is 11.4. The molecule has 2 fully saturated rings. The molecule has 3 rings (SSSR count). The van der Waals surface area contributed by atoms with Crippen LogP contribution in [-0.2, 0) is 9.59 Å². The topological polar surface area (TPSA) is 81.1 Å². The molecule has 0 unspecified atom stereocenters. The second kappa shape index (κ2) is 6.78. The van der Waals surface area contributed by atoms with Crippen molar-refractivity contribution in [2.45, 2.75) is 24.8 Å². The fourth-order valence-corrected chi connectivity index (χ4v) is 4.04. The highest BCUT2D eigenvalue weighted by Crippen LogP contribution is 2.42. The van der Waals surface area contributed by atoms with Gasteiger partial charge in [-0.2, -0.15) is 0 Å². The summed E-state index contributed by atoms with van der Waals surface area (Å²) in [6.07, 6.45) is 1.41. The number of hydrogen-bond acceptors (Lipinski definition) is 4. The van der Waals surface area contributed by atoms with Crippen LogP contribution in [-0.4, -0.2) is 64.1 Å². The summed E-state index contributed by atoms with van der Waals surface area (Å²) in [5.41, 5.74) is 0.573. The highest BCUT2D eigenvalue weighted by atomic mass is 35.5. The van der Waals surface area contributed by atoms with Gasteiger partial charge in [0, 0.05) is 30.6 Å². The number of fused-ring (bicyclic) bond motifs is 1. The zero-order valence-corrected chi connectivity index (χ0v) is 14.4. The van der Waals surface area contributed by atoms with Crippen molar-refractivity contribution >= 4 is 35.0 Å². The number of amides is 2. The first kappa shape index (κ1) is 17.3. The molecule has 2 atom stereocenters. The fraction of sp³-hybridized carbons (Fsp3) is 0.500. The van der Waals surface area contributed by atoms with Crippen LogP contribution in [0.5, 0.6) is 5.75 Å². The van der Waals surface area contributed by atoms with Crippen molar-refractivity contribution in [2.24, 2.45) is 0 Å². The van der Waals surface area contributed by atoms with Gasteiger partial charge >= 0.3 is 0 Å². The van der Waals surface area contributed by atoms with Gasteiger partial charge in [-0.1, -0.05) is 23.2 Å². The summed E-state index contributed by atoms with van der Waals surface area (Å²) < 4.78 is 0. The van der Waals surface area contributed by atoms with Gasteiger partial charge in [0.2, 0.25) is 11.8 Å². The van der Waals surface area contributed by atoms with Crippen molar-refractivity contribution in [1.82, 2.24) is 9.80 Å². The van der Waals surface area contributed by atoms with E-state index in [4.69, 9.17) is 28.3 Å². The summed E-state index contributed by atoms with van der Waals surface area (Å²) in [6.45, 7) is 0.234. The molecule has 2 amide bonds. The third kappa shape index (κ3) is 3.06. The third-order valence-electron chi connectivity index (χ3n) is 4.79. The first-order valence-corrected chi connectivity index (χ1v) is 8.53. The van der Waals surface area contributed by atoms with E-state index < -0.39 is 12.5 Å². The Hall–Kier alpha value is -1.50. The van der Waals surface area contributed by atoms with Gasteiger partial charge in [0.05, 0.1) is 16.6 Å². The number of carbonyl (C=O) groups excluding carboxylic acids is 2. The minimum absolute atomic E-state index is 0.0299. The average molecular weight is 373 g/mol. The number of rotatable bonds is 2. The average Bonchev–Trinajstić information content (AvgIpc) is 2.58. The van der Waals surface area contributed by atoms with Crippen molar-refractivity contribution < 1.29 is 19.8 Å². The normalized spacial score (nSPS) is 24.0. The summed E-state index contributed by atoms with van der Waals surface area (Å²) >= 11 is 12.3. The van der Waals surface area contributed by atoms with Gasteiger partial charge in [-0.05, 0) is 25.0 Å². The molecule has 1 aromatic carbocycles. The highest BCUT2D eigenvalue weighted by Gasteiger charge is 2.39. The lowest BCUT2D eigenvalue weighted by atomic mass is 9.85. The van der Waals surface area contributed by atoms with Crippen LogP contribution < -0.4 is 0 Å². The van der Waals surface area contributed by atoms with E-state index in [-0.39, 0.29) is 30.2 Å². The van der Waals surface area contributed by atoms with Crippen LogP contribution in [0.4, 0.5) is 0 Å². The maximum absolute atomic E-state index is 12.4. The highest BCUT2D eigenvalue weighted by molar-refractivity contribution is 6.42. The monoisotopic (exact) mass is 372 g/mol. The number of nitrogens with zero attached hydrogens (tertiary/aromatic N) is 2. The van der Waals surface area contributed by atoms with Crippen molar-refractivity contribution in [3.8, 4) is 5.75 Å². The Labute approximate surface area is 149 Å². The number of hydrogen-bond donors (Lipinski definition) is 2. The van der Waals surface area contributed by atoms with Gasteiger partial charge in [0.25, 0.3) is 0 Å². The van der Waals surface area contributed by atoms with Gasteiger partial charge in [-0.15, -0.1) is 0 Å². The van der Waals surface area contributed by atoms with Gasteiger partial charge < -0.3 is 20.0 Å². The Balaban J connectivity index is 1.80. The van der Waals surface area contributed by atoms with Crippen molar-refractivity contribution in [3.63, 3.8) is 0 Å². The molecular weight excluding hydrogens is 355 g/mol. The zero-order chi connectivity index (χ0) is 17.4. The fourth-order valence-electron chi connectivity index (χ4n) is 3.57. The summed E-state index contributed by atoms with van der Waals surface area (Å²) in [4.78, 5) is 27.2. The van der Waals surface area contributed by atoms with E-state index in [1.807, 2.05) is 0 Å². The molecule has 130 valence electrons. The number of piperidine rings is 1. The predicted octanol–water partition coefficient (Wildman–Crippen LogP) is 1.61. The minimum atomic E-state index is -0.589. The van der Waals surface area contributed by atoms with E-state index in [9.17, 15) is 14.7 Å². The molecule has 8 heteroatoms. The summed E-state index contributed by atoms with van der Waals surface area (Å²) in [7, 11) is 0. The molecule has 0 saturated carbocycles. The molecule has 6 nitrogen and oxygen atoms in total. The lowest BCUT2D eigenvalue weighted by Gasteiger charge is -2.46. The van der Waals surface area contributed by atoms with E-state index in [1.54, 1.807) is 11.0 Å². The van der Waals surface area contributed by atoms with Crippen LogP contribution in [0, 0.1) is 0 Å². The molecule has 0 spiro atoms. The Morgan fingerprint density at radius 3 is 2.71 bits per heavy atom. The second-order valence-corrected chi connectivity index (χ2v) is 6.99. The number of halogens is 2. The maximum atomic E-state index is 12.4. The Morgan fingerprint density at radius 1 is 1.25 bits per heavy atom. The third-order valence-corrected chi connectivity index (χ3v) is 5.61. The molecule has 0 bridgehead atoms. The molecular formula is C16H18Cl2N2O4. The molecule has 2 aliphatic heterocycles. The van der Waals surface area contributed by atoms with Crippen LogP contribution in [0.25, 0.3) is 0 Å². The summed E-state index contributed by atoms with van der Waals surface area (Å²) in [5, 5.41) is 19.8. The van der Waals surface area contributed by atoms with Gasteiger partial charge in [-0.3, -0.25) is 9.59 Å². The molecule has 0 aromatic heterocycles. The summed E-state index contributed by atoms with van der Waals surface area (Å²) in [5.74, 6) is -0.609. The van der Waals surface area contributed by atoms with Crippen LogP contribution in [0.3, 0.4) is 0 Å². The van der Waals surface area contributed by atoms with Crippen LogP contribution >= 0.6 is 23.2 Å². The Kier molecular flexibility index (Phi) is 4.90. The van der Waals surface area contributed by atoms with Crippen LogP contribution in [0.2, 0.25) is 10.0 Å². The molecule has 24 heavy (non-hydrogen) atoms. The SMILES string of the molecule is O=C(CO)N1CC(=O)N2C[C@H](c3c(O)ccc(Cl)c3Cl)CC[C@H]2C1. The Morgan fingerprint density at radius 2 is 2.00 bits per heavy atom. The van der Waals surface area contributed by atoms with Crippen LogP contribution in [0.1, 0.15) is 24.3 Å². The Bertz CT molecular complexity index is 682. The summed E-state index contributed by atoms with van der Waals surface area (Å²) in [6, 6.07) is 2.98. The number of phenolic OH excluding ortho intramolecular Hbond substituents is 1. The van der Waals surface area contributed by atoms with E-state index in [1.165, 1.54) is 11.0 Å². The van der Waals surface area contributed by atoms with Gasteiger partial charge in [-0.25, -0.2) is 0 Å². The van der Waals surface area contributed by atoms with Crippen LogP contribution in [0.15, 0.2) is 12.1 Å². The largest absolute Gasteiger partial charge is 0.508 e. The number of aliphatic hydroxyl groups is 1. The van der Waals surface area contributed by atoms with Crippen molar-refractivity contribution in [3.05, 3.63) is 27.7 Å². The number of aliphatic hydroxyl groups excluding tert-OH is 1. The number of carbonyl (C=O) groups is 2. The van der Waals surface area contributed by atoms with E-state index in [0.717, 1.165) is 6.42 Å². The molecule has 2 N–H and O–H groups in total. The standard InChI is InChI=1S/C16H18Cl2N2O4/c17-11-3-4-12(22)15(16(11)18)9-1-2-10-6-19(14(24)8-21)7-13(23)20(10)5-9/h3-4,9-10,21-22H,1-2,5-8H2/t9-,10+/m1/s1. The van der Waals surface area contributed by atoms with Gasteiger partial charge in [0.1, 0.15) is 12.4 Å². The molecule has 1 aromatic rings. The van der Waals surface area contributed by atoms with E-state index in [2.05, 4.69) is 0 Å². The zero-order valence-electron chi connectivity index (χ0n) is 12.9. The van der Waals surface area contributed by atoms with Crippen molar-refractivity contribution in [1.29, 1.82) is 0 Å². The second-order valence-electron chi connectivity index (χ2n) is 6.20. The number of piperazine rings is 1. The van der Waals surface area contributed by atoms with E-state index >= 15 is 0 Å². The predicted molar refractivity (Wildman–Crippen MR) is 89.3 cm³/mol. The smallest absolute Gasteiger partial charge is 0.248 e. The maximum Gasteiger partial charge on any atom is 0.248 e. The molecule has 0 radical (unpaired) electrons. The van der Waals surface area contributed by atoms with E-state index in [0.29, 0.717) is 35.1 Å². The van der Waals surface area contributed by atoms with Crippen molar-refractivity contribution in [2.75, 3.05) is 26.2 Å². The molecule has 0 aliphatic carbocycles. The minimum Gasteiger partial charge on any atom is -0.508 e. The molecule has 2 saturated heterocycles. The van der Waals surface area contributed by atoms with Gasteiger partial charge in [0.15, 0.2) is 0 Å². The molecule has 2 heterocycles. The molecule has 2 aliphatic rings. The number of aromatic hydroxyl groups is 1. The first-order valence-electron chi connectivity index (χ1n) is 7.77. The number of benzene rings is 1. The quantitative estimate of drug-likeness (QED) is 0.826. The lowest BCUT2D eigenvalue weighted by Crippen LogP contribution is -2.60. The lowest BCUT2D eigenvalue weighted by molar-refractivity contribution is -0.151.